The van der Waals surface area contributed by atoms with Gasteiger partial charge in [-0.2, -0.15) is 0 Å². The molecule has 0 saturated carbocycles. The molecule has 6 aromatic carbocycles. The van der Waals surface area contributed by atoms with Gasteiger partial charge in [0.05, 0.1) is 22.1 Å². The number of allylic oxidation sites excluding steroid dienone is 5. The van der Waals surface area contributed by atoms with E-state index in [1.807, 2.05) is 6.08 Å². The maximum absolute atomic E-state index is 4.04. The van der Waals surface area contributed by atoms with Crippen molar-refractivity contribution in [1.82, 2.24) is 9.13 Å². The van der Waals surface area contributed by atoms with Gasteiger partial charge in [-0.3, -0.25) is 0 Å². The second-order valence-electron chi connectivity index (χ2n) is 13.4. The Kier molecular flexibility index (Phi) is 6.26. The Labute approximate surface area is 281 Å². The fourth-order valence-electron chi connectivity index (χ4n) is 8.20. The Balaban J connectivity index is 1.30. The molecule has 2 nitrogen and oxygen atoms in total. The first-order valence-corrected chi connectivity index (χ1v) is 16.8. The van der Waals surface area contributed by atoms with E-state index in [4.69, 9.17) is 0 Å². The van der Waals surface area contributed by atoms with E-state index in [2.05, 4.69) is 182 Å². The van der Waals surface area contributed by atoms with E-state index < -0.39 is 0 Å². The summed E-state index contributed by atoms with van der Waals surface area (Å²) < 4.78 is 4.81. The van der Waals surface area contributed by atoms with Crippen molar-refractivity contribution in [2.24, 2.45) is 0 Å². The lowest BCUT2D eigenvalue weighted by molar-refractivity contribution is 0.661. The van der Waals surface area contributed by atoms with Crippen molar-refractivity contribution in [3.63, 3.8) is 0 Å². The second kappa shape index (κ2) is 10.6. The molecule has 0 unspecified atom stereocenters. The van der Waals surface area contributed by atoms with Crippen molar-refractivity contribution in [2.45, 2.75) is 26.2 Å². The minimum atomic E-state index is -0.128. The lowest BCUT2D eigenvalue weighted by atomic mass is 9.82. The Morgan fingerprint density at radius 1 is 0.542 bits per heavy atom. The molecule has 2 heteroatoms. The Morgan fingerprint density at radius 2 is 1.06 bits per heavy atom. The van der Waals surface area contributed by atoms with Gasteiger partial charge < -0.3 is 9.13 Å². The van der Waals surface area contributed by atoms with Crippen LogP contribution in [0.2, 0.25) is 0 Å². The summed E-state index contributed by atoms with van der Waals surface area (Å²) in [5, 5.41) is 5.06. The summed E-state index contributed by atoms with van der Waals surface area (Å²) in [6, 6.07) is 49.0. The average molecular weight is 617 g/mol. The highest BCUT2D eigenvalue weighted by Gasteiger charge is 2.38. The molecule has 9 rings (SSSR count). The highest BCUT2D eigenvalue weighted by atomic mass is 15.0. The second-order valence-corrected chi connectivity index (χ2v) is 13.4. The van der Waals surface area contributed by atoms with Crippen LogP contribution in [0.4, 0.5) is 0 Å². The molecule has 0 amide bonds. The summed E-state index contributed by atoms with van der Waals surface area (Å²) in [6.45, 7) is 10.9. The first-order valence-electron chi connectivity index (χ1n) is 16.8. The SMILES string of the molecule is C=C/C=C1\C(=C/C)c2cc3c4cc(-c5ccc6c(c5)c5ccccc5n6-c5ccccc5)ccc4n(-c4ccccc4)c3cc2C1(C)C. The number of hydrogen-bond donors (Lipinski definition) is 0. The van der Waals surface area contributed by atoms with Gasteiger partial charge in [0.1, 0.15) is 0 Å². The maximum Gasteiger partial charge on any atom is 0.0544 e. The number of para-hydroxylation sites is 3. The zero-order valence-corrected chi connectivity index (χ0v) is 27.5. The van der Waals surface area contributed by atoms with Crippen LogP contribution in [0.15, 0.2) is 164 Å². The molecule has 0 bridgehead atoms. The molecule has 0 radical (unpaired) electrons. The molecule has 0 fully saturated rings. The van der Waals surface area contributed by atoms with Crippen LogP contribution in [0.25, 0.3) is 71.7 Å². The summed E-state index contributed by atoms with van der Waals surface area (Å²) in [5.41, 5.74) is 14.8. The first-order chi connectivity index (χ1) is 23.5. The largest absolute Gasteiger partial charge is 0.309 e. The van der Waals surface area contributed by atoms with Crippen molar-refractivity contribution in [3.8, 4) is 22.5 Å². The van der Waals surface area contributed by atoms with Gasteiger partial charge in [0.25, 0.3) is 0 Å². The van der Waals surface area contributed by atoms with Crippen molar-refractivity contribution in [2.75, 3.05) is 0 Å². The molecule has 2 heterocycles. The highest BCUT2D eigenvalue weighted by molar-refractivity contribution is 6.14. The smallest absolute Gasteiger partial charge is 0.0544 e. The van der Waals surface area contributed by atoms with Gasteiger partial charge in [0.15, 0.2) is 0 Å². The van der Waals surface area contributed by atoms with Gasteiger partial charge in [0.2, 0.25) is 0 Å². The van der Waals surface area contributed by atoms with Crippen LogP contribution in [-0.2, 0) is 5.41 Å². The molecule has 1 aliphatic carbocycles. The molecule has 0 N–H and O–H groups in total. The van der Waals surface area contributed by atoms with E-state index in [9.17, 15) is 0 Å². The van der Waals surface area contributed by atoms with E-state index in [1.54, 1.807) is 0 Å². The molecule has 0 saturated heterocycles. The van der Waals surface area contributed by atoms with E-state index in [0.717, 1.165) is 0 Å². The highest BCUT2D eigenvalue weighted by Crippen LogP contribution is 2.52. The van der Waals surface area contributed by atoms with Crippen LogP contribution < -0.4 is 0 Å². The normalized spacial score (nSPS) is 15.7. The third-order valence-corrected chi connectivity index (χ3v) is 10.4. The van der Waals surface area contributed by atoms with Gasteiger partial charge in [-0.25, -0.2) is 0 Å². The van der Waals surface area contributed by atoms with Gasteiger partial charge in [0, 0.05) is 38.3 Å². The first kappa shape index (κ1) is 28.4. The Hall–Kier alpha value is -5.86. The van der Waals surface area contributed by atoms with Gasteiger partial charge in [-0.05, 0) is 107 Å². The fourth-order valence-corrected chi connectivity index (χ4v) is 8.20. The van der Waals surface area contributed by atoms with Crippen LogP contribution >= 0.6 is 0 Å². The molecule has 2 aromatic heterocycles. The molecular weight excluding hydrogens is 581 g/mol. The quantitative estimate of drug-likeness (QED) is 0.186. The van der Waals surface area contributed by atoms with Crippen LogP contribution in [-0.4, -0.2) is 9.13 Å². The van der Waals surface area contributed by atoms with Crippen LogP contribution in [0.5, 0.6) is 0 Å². The molecule has 0 atom stereocenters. The zero-order chi connectivity index (χ0) is 32.6. The van der Waals surface area contributed by atoms with E-state index >= 15 is 0 Å². The number of rotatable bonds is 4. The third-order valence-electron chi connectivity index (χ3n) is 10.4. The van der Waals surface area contributed by atoms with Crippen molar-refractivity contribution in [1.29, 1.82) is 0 Å². The number of aromatic nitrogens is 2. The van der Waals surface area contributed by atoms with E-state index in [-0.39, 0.29) is 5.41 Å². The number of benzene rings is 6. The summed E-state index contributed by atoms with van der Waals surface area (Å²) in [5.74, 6) is 0. The predicted molar refractivity (Wildman–Crippen MR) is 206 cm³/mol. The molecule has 48 heavy (non-hydrogen) atoms. The van der Waals surface area contributed by atoms with E-state index in [0.29, 0.717) is 0 Å². The molecule has 8 aromatic rings. The minimum absolute atomic E-state index is 0.128. The van der Waals surface area contributed by atoms with Crippen molar-refractivity contribution < 1.29 is 0 Å². The summed E-state index contributed by atoms with van der Waals surface area (Å²) in [4.78, 5) is 0. The monoisotopic (exact) mass is 616 g/mol. The van der Waals surface area contributed by atoms with Crippen LogP contribution in [0.3, 0.4) is 0 Å². The average Bonchev–Trinajstić information content (AvgIpc) is 3.70. The summed E-state index contributed by atoms with van der Waals surface area (Å²) in [6.07, 6.45) is 6.37. The topological polar surface area (TPSA) is 9.86 Å². The summed E-state index contributed by atoms with van der Waals surface area (Å²) >= 11 is 0. The Morgan fingerprint density at radius 3 is 1.67 bits per heavy atom. The van der Waals surface area contributed by atoms with Crippen molar-refractivity contribution in [3.05, 3.63) is 175 Å². The molecule has 0 aliphatic heterocycles. The third kappa shape index (κ3) is 3.99. The maximum atomic E-state index is 4.04. The summed E-state index contributed by atoms with van der Waals surface area (Å²) in [7, 11) is 0. The lowest BCUT2D eigenvalue weighted by Gasteiger charge is -2.22. The van der Waals surface area contributed by atoms with Crippen molar-refractivity contribution >= 4 is 49.2 Å². The van der Waals surface area contributed by atoms with E-state index in [1.165, 1.54) is 88.4 Å². The predicted octanol–water partition coefficient (Wildman–Crippen LogP) is 12.4. The zero-order valence-electron chi connectivity index (χ0n) is 27.5. The molecular formula is C46H36N2. The van der Waals surface area contributed by atoms with Gasteiger partial charge in [-0.1, -0.05) is 105 Å². The van der Waals surface area contributed by atoms with Gasteiger partial charge >= 0.3 is 0 Å². The fraction of sp³-hybridized carbons (Fsp3) is 0.0870. The number of fused-ring (bicyclic) bond motifs is 7. The lowest BCUT2D eigenvalue weighted by Crippen LogP contribution is -2.15. The Bertz CT molecular complexity index is 2640. The van der Waals surface area contributed by atoms with Crippen LogP contribution in [0, 0.1) is 0 Å². The van der Waals surface area contributed by atoms with Gasteiger partial charge in [-0.15, -0.1) is 0 Å². The molecule has 1 aliphatic rings. The molecule has 0 spiro atoms. The number of nitrogens with zero attached hydrogens (tertiary/aromatic N) is 2. The standard InChI is InChI=1S/C46H36N2/c1-5-15-40-34(6-2)36-28-39-38-27-31(23-25-44(38)48(33-18-11-8-12-19-33)45(39)29-41(36)46(40,3)4)30-22-24-43-37(26-30)35-20-13-14-21-42(35)47(43)32-16-9-7-10-17-32/h5-29H,1H2,2-4H3/b34-6-,40-15+. The van der Waals surface area contributed by atoms with Crippen LogP contribution in [0.1, 0.15) is 31.9 Å². The number of hydrogen-bond acceptors (Lipinski definition) is 0. The minimum Gasteiger partial charge on any atom is -0.309 e. The molecule has 230 valence electrons.